The molecule has 2 aromatic carbocycles. The first-order valence-electron chi connectivity index (χ1n) is 7.82. The van der Waals surface area contributed by atoms with Crippen molar-refractivity contribution in [3.63, 3.8) is 0 Å². The van der Waals surface area contributed by atoms with Gasteiger partial charge in [-0.15, -0.1) is 11.3 Å². The Hall–Kier alpha value is -3.15. The summed E-state index contributed by atoms with van der Waals surface area (Å²) >= 11 is 1.29. The van der Waals surface area contributed by atoms with Crippen LogP contribution >= 0.6 is 11.3 Å². The van der Waals surface area contributed by atoms with Crippen LogP contribution in [0.25, 0.3) is 11.1 Å². The van der Waals surface area contributed by atoms with Crippen molar-refractivity contribution in [2.24, 2.45) is 0 Å². The number of sulfonamides is 1. The van der Waals surface area contributed by atoms with E-state index in [1.165, 1.54) is 11.3 Å². The van der Waals surface area contributed by atoms with Gasteiger partial charge in [-0.1, -0.05) is 18.2 Å². The van der Waals surface area contributed by atoms with Crippen molar-refractivity contribution in [1.82, 2.24) is 0 Å². The summed E-state index contributed by atoms with van der Waals surface area (Å²) in [5, 5.41) is 13.6. The second kappa shape index (κ2) is 7.61. The zero-order valence-corrected chi connectivity index (χ0v) is 15.9. The number of hydrogen-bond acceptors (Lipinski definition) is 5. The van der Waals surface area contributed by atoms with Gasteiger partial charge >= 0.3 is 0 Å². The van der Waals surface area contributed by atoms with Gasteiger partial charge < -0.3 is 5.32 Å². The maximum Gasteiger partial charge on any atom is 0.265 e. The van der Waals surface area contributed by atoms with Gasteiger partial charge in [0.1, 0.15) is 0 Å². The van der Waals surface area contributed by atoms with Crippen LogP contribution in [0.15, 0.2) is 60.0 Å². The highest BCUT2D eigenvalue weighted by molar-refractivity contribution is 7.92. The molecule has 0 radical (unpaired) electrons. The molecule has 1 aromatic heterocycles. The molecule has 0 saturated carbocycles. The highest BCUT2D eigenvalue weighted by Gasteiger charge is 2.12. The molecule has 0 aliphatic rings. The minimum Gasteiger partial charge on any atom is -0.321 e. The molecule has 0 bridgehead atoms. The molecule has 136 valence electrons. The van der Waals surface area contributed by atoms with E-state index in [9.17, 15) is 13.2 Å². The number of carbonyl (C=O) groups excluding carboxylic acids is 1. The van der Waals surface area contributed by atoms with Gasteiger partial charge in [-0.2, -0.15) is 5.26 Å². The Balaban J connectivity index is 1.77. The van der Waals surface area contributed by atoms with Crippen LogP contribution in [0.3, 0.4) is 0 Å². The second-order valence-electron chi connectivity index (χ2n) is 5.80. The van der Waals surface area contributed by atoms with Gasteiger partial charge in [-0.3, -0.25) is 9.52 Å². The summed E-state index contributed by atoms with van der Waals surface area (Å²) in [6, 6.07) is 17.5. The lowest BCUT2D eigenvalue weighted by atomic mass is 10.1. The highest BCUT2D eigenvalue weighted by atomic mass is 32.2. The molecule has 3 aromatic rings. The maximum atomic E-state index is 12.5. The Morgan fingerprint density at radius 2 is 1.78 bits per heavy atom. The fourth-order valence-corrected chi connectivity index (χ4v) is 3.81. The van der Waals surface area contributed by atoms with Crippen LogP contribution in [0.1, 0.15) is 15.2 Å². The number of hydrogen-bond donors (Lipinski definition) is 2. The van der Waals surface area contributed by atoms with E-state index < -0.39 is 10.0 Å². The third-order valence-electron chi connectivity index (χ3n) is 3.57. The van der Waals surface area contributed by atoms with Crippen molar-refractivity contribution in [3.05, 3.63) is 70.4 Å². The first-order valence-corrected chi connectivity index (χ1v) is 10.6. The molecule has 1 heterocycles. The van der Waals surface area contributed by atoms with E-state index in [1.54, 1.807) is 48.5 Å². The van der Waals surface area contributed by atoms with Crippen LogP contribution in [0.2, 0.25) is 0 Å². The minimum absolute atomic E-state index is 0.292. The molecule has 0 aliphatic heterocycles. The number of nitriles is 1. The van der Waals surface area contributed by atoms with Gasteiger partial charge in [0, 0.05) is 5.69 Å². The van der Waals surface area contributed by atoms with Crippen LogP contribution in [-0.2, 0) is 10.0 Å². The lowest BCUT2D eigenvalue weighted by Gasteiger charge is -2.07. The molecule has 6 nitrogen and oxygen atoms in total. The maximum absolute atomic E-state index is 12.5. The van der Waals surface area contributed by atoms with Gasteiger partial charge in [0.25, 0.3) is 5.91 Å². The predicted molar refractivity (Wildman–Crippen MR) is 107 cm³/mol. The van der Waals surface area contributed by atoms with Crippen molar-refractivity contribution in [2.75, 3.05) is 16.3 Å². The SMILES string of the molecule is CS(=O)(=O)Nc1cccc(NC(=O)c2cc(-c3cccc(C#N)c3)cs2)c1. The smallest absolute Gasteiger partial charge is 0.265 e. The van der Waals surface area contributed by atoms with Crippen LogP contribution < -0.4 is 10.0 Å². The average molecular weight is 397 g/mol. The Kier molecular flexibility index (Phi) is 5.26. The topological polar surface area (TPSA) is 99.1 Å². The fourth-order valence-electron chi connectivity index (χ4n) is 2.44. The summed E-state index contributed by atoms with van der Waals surface area (Å²) in [6.07, 6.45) is 1.06. The molecular weight excluding hydrogens is 382 g/mol. The van der Waals surface area contributed by atoms with E-state index in [1.807, 2.05) is 11.4 Å². The molecular formula is C19H15N3O3S2. The standard InChI is InChI=1S/C19H15N3O3S2/c1-27(24,25)22-17-7-3-6-16(10-17)21-19(23)18-9-15(12-26-18)14-5-2-4-13(8-14)11-20/h2-10,12,22H,1H3,(H,21,23). The average Bonchev–Trinajstić information content (AvgIpc) is 3.11. The lowest BCUT2D eigenvalue weighted by molar-refractivity contribution is 0.103. The van der Waals surface area contributed by atoms with Gasteiger partial charge in [0.2, 0.25) is 10.0 Å². The largest absolute Gasteiger partial charge is 0.321 e. The molecule has 3 rings (SSSR count). The number of thiophene rings is 1. The Bertz CT molecular complexity index is 1140. The molecule has 2 N–H and O–H groups in total. The van der Waals surface area contributed by atoms with E-state index in [-0.39, 0.29) is 5.91 Å². The quantitative estimate of drug-likeness (QED) is 0.682. The fraction of sp³-hybridized carbons (Fsp3) is 0.0526. The van der Waals surface area contributed by atoms with Gasteiger partial charge in [-0.25, -0.2) is 8.42 Å². The summed E-state index contributed by atoms with van der Waals surface area (Å²) in [7, 11) is -3.39. The minimum atomic E-state index is -3.39. The first-order chi connectivity index (χ1) is 12.8. The first kappa shape index (κ1) is 18.6. The number of rotatable bonds is 5. The molecule has 0 atom stereocenters. The number of benzene rings is 2. The molecule has 27 heavy (non-hydrogen) atoms. The summed E-state index contributed by atoms with van der Waals surface area (Å²) in [5.74, 6) is -0.292. The van der Waals surface area contributed by atoms with Crippen molar-refractivity contribution in [1.29, 1.82) is 5.26 Å². The Morgan fingerprint density at radius 3 is 2.52 bits per heavy atom. The normalized spacial score (nSPS) is 10.8. The van der Waals surface area contributed by atoms with Gasteiger partial charge in [0.05, 0.1) is 28.5 Å². The summed E-state index contributed by atoms with van der Waals surface area (Å²) in [6.45, 7) is 0. The third-order valence-corrected chi connectivity index (χ3v) is 5.11. The third kappa shape index (κ3) is 4.94. The van der Waals surface area contributed by atoms with Crippen molar-refractivity contribution in [3.8, 4) is 17.2 Å². The Morgan fingerprint density at radius 1 is 1.04 bits per heavy atom. The molecule has 0 aliphatic carbocycles. The van der Waals surface area contributed by atoms with E-state index in [0.717, 1.165) is 17.4 Å². The predicted octanol–water partition coefficient (Wildman–Crippen LogP) is 3.91. The van der Waals surface area contributed by atoms with Crippen LogP contribution in [0.4, 0.5) is 11.4 Å². The van der Waals surface area contributed by atoms with Crippen molar-refractivity contribution in [2.45, 2.75) is 0 Å². The van der Waals surface area contributed by atoms with Crippen molar-refractivity contribution >= 4 is 38.6 Å². The summed E-state index contributed by atoms with van der Waals surface area (Å²) < 4.78 is 25.0. The van der Waals surface area contributed by atoms with E-state index in [4.69, 9.17) is 5.26 Å². The van der Waals surface area contributed by atoms with Crippen LogP contribution in [-0.4, -0.2) is 20.6 Å². The molecule has 1 amide bonds. The highest BCUT2D eigenvalue weighted by Crippen LogP contribution is 2.27. The molecule has 0 fully saturated rings. The second-order valence-corrected chi connectivity index (χ2v) is 8.46. The monoisotopic (exact) mass is 397 g/mol. The van der Waals surface area contributed by atoms with E-state index >= 15 is 0 Å². The lowest BCUT2D eigenvalue weighted by Crippen LogP contribution is -2.12. The number of amides is 1. The van der Waals surface area contributed by atoms with Crippen molar-refractivity contribution < 1.29 is 13.2 Å². The molecule has 0 unspecified atom stereocenters. The zero-order valence-electron chi connectivity index (χ0n) is 14.3. The molecule has 0 saturated heterocycles. The number of anilines is 2. The Labute approximate surface area is 161 Å². The summed E-state index contributed by atoms with van der Waals surface area (Å²) in [5.41, 5.74) is 3.13. The number of nitrogens with one attached hydrogen (secondary N) is 2. The van der Waals surface area contributed by atoms with E-state index in [0.29, 0.717) is 21.8 Å². The van der Waals surface area contributed by atoms with E-state index in [2.05, 4.69) is 16.1 Å². The van der Waals surface area contributed by atoms with Crippen LogP contribution in [0, 0.1) is 11.3 Å². The number of carbonyl (C=O) groups is 1. The molecule has 8 heteroatoms. The summed E-state index contributed by atoms with van der Waals surface area (Å²) in [4.78, 5) is 13.0. The van der Waals surface area contributed by atoms with Crippen LogP contribution in [0.5, 0.6) is 0 Å². The zero-order chi connectivity index (χ0) is 19.4. The van der Waals surface area contributed by atoms with Gasteiger partial charge in [-0.05, 0) is 52.9 Å². The molecule has 0 spiro atoms. The van der Waals surface area contributed by atoms with Gasteiger partial charge in [0.15, 0.2) is 0 Å². The number of nitrogens with zero attached hydrogens (tertiary/aromatic N) is 1.